The molecular formula is C15H20N6O2. The standard InChI is InChI=1S/C15H20N6O2/c1-12-9-17-21(10-12)11-14(22)19-5-7-20(8-6-19)15-16-4-3-13(18-15)23-2/h3-4,9-10H,5-8,11H2,1-2H3. The van der Waals surface area contributed by atoms with E-state index < -0.39 is 0 Å². The number of piperazine rings is 1. The van der Waals surface area contributed by atoms with Gasteiger partial charge in [0.05, 0.1) is 13.3 Å². The molecule has 0 spiro atoms. The molecule has 0 radical (unpaired) electrons. The Hall–Kier alpha value is -2.64. The third-order valence-corrected chi connectivity index (χ3v) is 3.80. The SMILES string of the molecule is COc1ccnc(N2CCN(C(=O)Cn3cc(C)cn3)CC2)n1. The van der Waals surface area contributed by atoms with Crippen LogP contribution >= 0.6 is 0 Å². The zero-order chi connectivity index (χ0) is 16.2. The van der Waals surface area contributed by atoms with Crippen molar-refractivity contribution < 1.29 is 9.53 Å². The molecule has 0 aliphatic carbocycles. The van der Waals surface area contributed by atoms with Crippen LogP contribution in [0.2, 0.25) is 0 Å². The summed E-state index contributed by atoms with van der Waals surface area (Å²) >= 11 is 0. The quantitative estimate of drug-likeness (QED) is 0.809. The van der Waals surface area contributed by atoms with Crippen molar-refractivity contribution in [1.29, 1.82) is 0 Å². The molecule has 8 nitrogen and oxygen atoms in total. The van der Waals surface area contributed by atoms with Gasteiger partial charge in [0.1, 0.15) is 6.54 Å². The number of nitrogens with zero attached hydrogens (tertiary/aromatic N) is 6. The van der Waals surface area contributed by atoms with E-state index >= 15 is 0 Å². The molecule has 1 amide bonds. The summed E-state index contributed by atoms with van der Waals surface area (Å²) in [6.45, 7) is 4.96. The smallest absolute Gasteiger partial charge is 0.244 e. The summed E-state index contributed by atoms with van der Waals surface area (Å²) in [6.07, 6.45) is 5.31. The van der Waals surface area contributed by atoms with E-state index in [4.69, 9.17) is 4.74 Å². The zero-order valence-corrected chi connectivity index (χ0v) is 13.3. The van der Waals surface area contributed by atoms with Crippen LogP contribution in [0.5, 0.6) is 5.88 Å². The van der Waals surface area contributed by atoms with Crippen LogP contribution in [0, 0.1) is 6.92 Å². The first-order valence-electron chi connectivity index (χ1n) is 7.54. The lowest BCUT2D eigenvalue weighted by Crippen LogP contribution is -2.50. The minimum atomic E-state index is 0.0827. The molecule has 1 aliphatic heterocycles. The van der Waals surface area contributed by atoms with Gasteiger partial charge in [-0.15, -0.1) is 0 Å². The number of carbonyl (C=O) groups is 1. The van der Waals surface area contributed by atoms with E-state index in [1.807, 2.05) is 18.0 Å². The van der Waals surface area contributed by atoms with Gasteiger partial charge in [0.2, 0.25) is 17.7 Å². The molecule has 0 aromatic carbocycles. The third-order valence-electron chi connectivity index (χ3n) is 3.80. The van der Waals surface area contributed by atoms with Crippen molar-refractivity contribution in [3.63, 3.8) is 0 Å². The van der Waals surface area contributed by atoms with Gasteiger partial charge in [0.15, 0.2) is 0 Å². The van der Waals surface area contributed by atoms with E-state index in [0.717, 1.165) is 5.56 Å². The van der Waals surface area contributed by atoms with Gasteiger partial charge < -0.3 is 14.5 Å². The summed E-state index contributed by atoms with van der Waals surface area (Å²) in [6, 6.07) is 1.72. The van der Waals surface area contributed by atoms with E-state index in [2.05, 4.69) is 20.0 Å². The summed E-state index contributed by atoms with van der Waals surface area (Å²) in [7, 11) is 1.58. The molecule has 0 N–H and O–H groups in total. The first-order chi connectivity index (χ1) is 11.2. The van der Waals surface area contributed by atoms with Crippen molar-refractivity contribution >= 4 is 11.9 Å². The summed E-state index contributed by atoms with van der Waals surface area (Å²) in [4.78, 5) is 24.8. The van der Waals surface area contributed by atoms with Gasteiger partial charge in [-0.2, -0.15) is 10.1 Å². The Kier molecular flexibility index (Phi) is 4.40. The Labute approximate surface area is 134 Å². The number of aromatic nitrogens is 4. The number of aryl methyl sites for hydroxylation is 1. The molecular weight excluding hydrogens is 296 g/mol. The van der Waals surface area contributed by atoms with E-state index in [9.17, 15) is 4.79 Å². The van der Waals surface area contributed by atoms with Crippen LogP contribution in [-0.4, -0.2) is 63.8 Å². The van der Waals surface area contributed by atoms with Crippen molar-refractivity contribution in [3.05, 3.63) is 30.2 Å². The van der Waals surface area contributed by atoms with Crippen LogP contribution in [0.1, 0.15) is 5.56 Å². The van der Waals surface area contributed by atoms with Crippen molar-refractivity contribution in [2.45, 2.75) is 13.5 Å². The fourth-order valence-electron chi connectivity index (χ4n) is 2.55. The average Bonchev–Trinajstić information content (AvgIpc) is 3.00. The molecule has 2 aromatic heterocycles. The third kappa shape index (κ3) is 3.58. The van der Waals surface area contributed by atoms with Crippen LogP contribution in [0.3, 0.4) is 0 Å². The maximum atomic E-state index is 12.3. The number of amides is 1. The molecule has 2 aromatic rings. The molecule has 3 heterocycles. The van der Waals surface area contributed by atoms with Crippen molar-refractivity contribution in [2.24, 2.45) is 0 Å². The number of methoxy groups -OCH3 is 1. The number of anilines is 1. The second-order valence-corrected chi connectivity index (χ2v) is 5.48. The van der Waals surface area contributed by atoms with Crippen molar-refractivity contribution in [3.8, 4) is 5.88 Å². The Morgan fingerprint density at radius 3 is 2.74 bits per heavy atom. The molecule has 0 atom stereocenters. The first kappa shape index (κ1) is 15.3. The summed E-state index contributed by atoms with van der Waals surface area (Å²) in [5, 5.41) is 4.16. The van der Waals surface area contributed by atoms with Gasteiger partial charge >= 0.3 is 0 Å². The maximum Gasteiger partial charge on any atom is 0.244 e. The van der Waals surface area contributed by atoms with Crippen LogP contribution in [0.25, 0.3) is 0 Å². The van der Waals surface area contributed by atoms with Crippen LogP contribution in [0.4, 0.5) is 5.95 Å². The zero-order valence-electron chi connectivity index (χ0n) is 13.3. The number of ether oxygens (including phenoxy) is 1. The normalized spacial score (nSPS) is 14.9. The van der Waals surface area contributed by atoms with E-state index in [0.29, 0.717) is 38.0 Å². The second kappa shape index (κ2) is 6.64. The van der Waals surface area contributed by atoms with Crippen LogP contribution in [-0.2, 0) is 11.3 Å². The van der Waals surface area contributed by atoms with Gasteiger partial charge in [-0.25, -0.2) is 4.98 Å². The predicted octanol–water partition coefficient (Wildman–Crippen LogP) is 0.339. The number of hydrogen-bond donors (Lipinski definition) is 0. The summed E-state index contributed by atoms with van der Waals surface area (Å²) in [5.74, 6) is 1.26. The van der Waals surface area contributed by atoms with Gasteiger partial charge in [0.25, 0.3) is 0 Å². The van der Waals surface area contributed by atoms with Crippen molar-refractivity contribution in [1.82, 2.24) is 24.6 Å². The van der Waals surface area contributed by atoms with Gasteiger partial charge in [-0.05, 0) is 12.5 Å². The molecule has 122 valence electrons. The lowest BCUT2D eigenvalue weighted by molar-refractivity contribution is -0.132. The van der Waals surface area contributed by atoms with Crippen molar-refractivity contribution in [2.75, 3.05) is 38.2 Å². The molecule has 23 heavy (non-hydrogen) atoms. The largest absolute Gasteiger partial charge is 0.481 e. The predicted molar refractivity (Wildman–Crippen MR) is 84.3 cm³/mol. The summed E-state index contributed by atoms with van der Waals surface area (Å²) < 4.78 is 6.80. The number of rotatable bonds is 4. The second-order valence-electron chi connectivity index (χ2n) is 5.48. The highest BCUT2D eigenvalue weighted by molar-refractivity contribution is 5.76. The van der Waals surface area contributed by atoms with E-state index in [1.54, 1.807) is 30.3 Å². The highest BCUT2D eigenvalue weighted by Crippen LogP contribution is 2.14. The monoisotopic (exact) mass is 316 g/mol. The topological polar surface area (TPSA) is 76.4 Å². The van der Waals surface area contributed by atoms with Gasteiger partial charge in [-0.1, -0.05) is 0 Å². The minimum absolute atomic E-state index is 0.0827. The van der Waals surface area contributed by atoms with Gasteiger partial charge in [0, 0.05) is 44.6 Å². The number of hydrogen-bond acceptors (Lipinski definition) is 6. The van der Waals surface area contributed by atoms with Crippen LogP contribution in [0.15, 0.2) is 24.7 Å². The Bertz CT molecular complexity index is 678. The fourth-order valence-corrected chi connectivity index (χ4v) is 2.55. The fraction of sp³-hybridized carbons (Fsp3) is 0.467. The molecule has 3 rings (SSSR count). The van der Waals surface area contributed by atoms with Gasteiger partial charge in [-0.3, -0.25) is 9.48 Å². The average molecular weight is 316 g/mol. The van der Waals surface area contributed by atoms with E-state index in [1.165, 1.54) is 0 Å². The maximum absolute atomic E-state index is 12.3. The Balaban J connectivity index is 1.56. The lowest BCUT2D eigenvalue weighted by Gasteiger charge is -2.34. The Morgan fingerprint density at radius 1 is 1.30 bits per heavy atom. The molecule has 8 heteroatoms. The highest BCUT2D eigenvalue weighted by Gasteiger charge is 2.23. The van der Waals surface area contributed by atoms with E-state index in [-0.39, 0.29) is 12.5 Å². The molecule has 0 unspecified atom stereocenters. The lowest BCUT2D eigenvalue weighted by atomic mass is 10.3. The van der Waals surface area contributed by atoms with Crippen LogP contribution < -0.4 is 9.64 Å². The number of carbonyl (C=O) groups excluding carboxylic acids is 1. The highest BCUT2D eigenvalue weighted by atomic mass is 16.5. The molecule has 0 saturated carbocycles. The molecule has 1 aliphatic rings. The minimum Gasteiger partial charge on any atom is -0.481 e. The summed E-state index contributed by atoms with van der Waals surface area (Å²) in [5.41, 5.74) is 1.05. The molecule has 1 saturated heterocycles. The Morgan fingerprint density at radius 2 is 2.09 bits per heavy atom. The molecule has 1 fully saturated rings. The molecule has 0 bridgehead atoms. The first-order valence-corrected chi connectivity index (χ1v) is 7.54.